The molecule has 0 spiro atoms. The zero-order chi connectivity index (χ0) is 17.0. The van der Waals surface area contributed by atoms with Crippen LogP contribution in [0.1, 0.15) is 63.9 Å². The van der Waals surface area contributed by atoms with Crippen LogP contribution >= 0.6 is 0 Å². The van der Waals surface area contributed by atoms with Gasteiger partial charge in [-0.15, -0.1) is 0 Å². The van der Waals surface area contributed by atoms with Gasteiger partial charge in [-0.05, 0) is 68.6 Å². The quantitative estimate of drug-likeness (QED) is 0.336. The average molecular weight is 327 g/mol. The molecule has 1 heteroatoms. The molecule has 0 amide bonds. The van der Waals surface area contributed by atoms with Gasteiger partial charge in [0.15, 0.2) is 0 Å². The topological polar surface area (TPSA) is 9.23 Å². The van der Waals surface area contributed by atoms with Gasteiger partial charge in [0.25, 0.3) is 0 Å². The smallest absolute Gasteiger partial charge is 0.119 e. The molecule has 0 heterocycles. The third kappa shape index (κ3) is 6.95. The van der Waals surface area contributed by atoms with Gasteiger partial charge < -0.3 is 4.74 Å². The fraction of sp³-hybridized carbons (Fsp3) is 0.565. The predicted molar refractivity (Wildman–Crippen MR) is 105 cm³/mol. The van der Waals surface area contributed by atoms with Crippen LogP contribution in [0, 0.1) is 18.8 Å². The zero-order valence-corrected chi connectivity index (χ0v) is 15.5. The number of aryl methyl sites for hydroxylation is 1. The molecule has 1 aromatic carbocycles. The van der Waals surface area contributed by atoms with Crippen LogP contribution in [0.25, 0.3) is 0 Å². The highest BCUT2D eigenvalue weighted by Crippen LogP contribution is 2.35. The Hall–Kier alpha value is -1.50. The van der Waals surface area contributed by atoms with Crippen molar-refractivity contribution in [2.75, 3.05) is 6.61 Å². The number of rotatable bonds is 10. The molecule has 1 fully saturated rings. The predicted octanol–water partition coefficient (Wildman–Crippen LogP) is 6.87. The minimum absolute atomic E-state index is 0.772. The fourth-order valence-corrected chi connectivity index (χ4v) is 3.54. The van der Waals surface area contributed by atoms with E-state index in [2.05, 4.69) is 56.4 Å². The van der Waals surface area contributed by atoms with Gasteiger partial charge in [-0.25, -0.2) is 0 Å². The van der Waals surface area contributed by atoms with E-state index in [9.17, 15) is 0 Å². The van der Waals surface area contributed by atoms with Crippen LogP contribution in [-0.2, 0) is 0 Å². The first-order valence-corrected chi connectivity index (χ1v) is 9.80. The minimum Gasteiger partial charge on any atom is -0.493 e. The van der Waals surface area contributed by atoms with Gasteiger partial charge in [0.1, 0.15) is 5.75 Å². The second-order valence-electron chi connectivity index (χ2n) is 7.09. The number of ether oxygens (including phenoxy) is 1. The molecule has 1 nitrogen and oxygen atoms in total. The Morgan fingerprint density at radius 2 is 2.04 bits per heavy atom. The molecular weight excluding hydrogens is 292 g/mol. The lowest BCUT2D eigenvalue weighted by Gasteiger charge is -2.14. The van der Waals surface area contributed by atoms with Gasteiger partial charge in [-0.1, -0.05) is 62.6 Å². The molecule has 24 heavy (non-hydrogen) atoms. The lowest BCUT2D eigenvalue weighted by molar-refractivity contribution is 0.324. The number of benzene rings is 1. The maximum absolute atomic E-state index is 5.82. The van der Waals surface area contributed by atoms with Crippen LogP contribution in [0.5, 0.6) is 5.75 Å². The van der Waals surface area contributed by atoms with Crippen molar-refractivity contribution >= 4 is 0 Å². The van der Waals surface area contributed by atoms with Crippen molar-refractivity contribution in [1.82, 2.24) is 0 Å². The van der Waals surface area contributed by atoms with E-state index < -0.39 is 0 Å². The maximum atomic E-state index is 5.82. The summed E-state index contributed by atoms with van der Waals surface area (Å²) in [6, 6.07) is 8.29. The third-order valence-corrected chi connectivity index (χ3v) is 4.97. The largest absolute Gasteiger partial charge is 0.493 e. The molecule has 0 N–H and O–H groups in total. The second-order valence-corrected chi connectivity index (χ2v) is 7.09. The molecule has 1 aromatic rings. The number of unbranched alkanes of at least 4 members (excludes halogenated alkanes) is 2. The van der Waals surface area contributed by atoms with Crippen LogP contribution in [0.2, 0.25) is 0 Å². The summed E-state index contributed by atoms with van der Waals surface area (Å²) in [5.41, 5.74) is 1.25. The van der Waals surface area contributed by atoms with E-state index in [4.69, 9.17) is 4.74 Å². The fourth-order valence-electron chi connectivity index (χ4n) is 3.54. The van der Waals surface area contributed by atoms with Gasteiger partial charge in [0.2, 0.25) is 0 Å². The summed E-state index contributed by atoms with van der Waals surface area (Å²) in [5.74, 6) is 2.62. The third-order valence-electron chi connectivity index (χ3n) is 4.97. The molecule has 1 aliphatic rings. The van der Waals surface area contributed by atoms with Crippen molar-refractivity contribution in [2.24, 2.45) is 11.8 Å². The van der Waals surface area contributed by atoms with E-state index in [1.165, 1.54) is 50.5 Å². The molecule has 132 valence electrons. The monoisotopic (exact) mass is 326 g/mol. The molecule has 0 bridgehead atoms. The molecule has 2 rings (SSSR count). The van der Waals surface area contributed by atoms with E-state index in [0.717, 1.165) is 30.6 Å². The lowest BCUT2D eigenvalue weighted by Crippen LogP contribution is -2.04. The van der Waals surface area contributed by atoms with Crippen molar-refractivity contribution in [2.45, 2.75) is 65.2 Å². The summed E-state index contributed by atoms with van der Waals surface area (Å²) in [6.07, 6.45) is 19.9. The average Bonchev–Trinajstić information content (AvgIpc) is 3.02. The Kier molecular flexibility index (Phi) is 8.73. The standard InChI is InChI=1S/C23H34O/c1-3-4-5-6-7-13-21-15-11-16-22(21)14-8-9-18-24-23-17-10-12-20(2)19-23/h6-8,10,12,14,17,19,21-22H,3-5,9,11,13,15-16,18H2,1-2H3/b7-6-,14-8+/t21-,22?/m0/s1. The second kappa shape index (κ2) is 11.1. The molecule has 0 aliphatic heterocycles. The van der Waals surface area contributed by atoms with Crippen molar-refractivity contribution in [3.63, 3.8) is 0 Å². The highest BCUT2D eigenvalue weighted by Gasteiger charge is 2.23. The molecule has 1 unspecified atom stereocenters. The maximum Gasteiger partial charge on any atom is 0.119 e. The summed E-state index contributed by atoms with van der Waals surface area (Å²) in [4.78, 5) is 0. The summed E-state index contributed by atoms with van der Waals surface area (Å²) >= 11 is 0. The molecule has 0 saturated heterocycles. The summed E-state index contributed by atoms with van der Waals surface area (Å²) < 4.78 is 5.82. The van der Waals surface area contributed by atoms with E-state index in [1.807, 2.05) is 6.07 Å². The van der Waals surface area contributed by atoms with Gasteiger partial charge in [-0.2, -0.15) is 0 Å². The van der Waals surface area contributed by atoms with Gasteiger partial charge >= 0.3 is 0 Å². The van der Waals surface area contributed by atoms with Crippen LogP contribution in [0.4, 0.5) is 0 Å². The van der Waals surface area contributed by atoms with E-state index in [0.29, 0.717) is 0 Å². The molecule has 0 radical (unpaired) electrons. The van der Waals surface area contributed by atoms with Crippen molar-refractivity contribution in [1.29, 1.82) is 0 Å². The highest BCUT2D eigenvalue weighted by atomic mass is 16.5. The minimum atomic E-state index is 0.772. The highest BCUT2D eigenvalue weighted by molar-refractivity contribution is 5.27. The molecule has 2 atom stereocenters. The Balaban J connectivity index is 1.65. The van der Waals surface area contributed by atoms with Crippen molar-refractivity contribution < 1.29 is 4.74 Å². The van der Waals surface area contributed by atoms with Gasteiger partial charge in [0.05, 0.1) is 6.61 Å². The Morgan fingerprint density at radius 1 is 1.12 bits per heavy atom. The van der Waals surface area contributed by atoms with Crippen LogP contribution in [-0.4, -0.2) is 6.61 Å². The first-order valence-electron chi connectivity index (χ1n) is 9.80. The Morgan fingerprint density at radius 3 is 2.88 bits per heavy atom. The molecule has 1 saturated carbocycles. The first-order chi connectivity index (χ1) is 11.8. The summed E-state index contributed by atoms with van der Waals surface area (Å²) in [5, 5.41) is 0. The molecular formula is C23H34O. The van der Waals surface area contributed by atoms with E-state index in [1.54, 1.807) is 0 Å². The van der Waals surface area contributed by atoms with Gasteiger partial charge in [0, 0.05) is 0 Å². The zero-order valence-electron chi connectivity index (χ0n) is 15.5. The van der Waals surface area contributed by atoms with Crippen LogP contribution in [0.15, 0.2) is 48.6 Å². The Labute approximate surface area is 148 Å². The first kappa shape index (κ1) is 18.8. The van der Waals surface area contributed by atoms with Crippen LogP contribution < -0.4 is 4.74 Å². The summed E-state index contributed by atoms with van der Waals surface area (Å²) in [6.45, 7) is 5.13. The number of hydrogen-bond donors (Lipinski definition) is 0. The molecule has 0 aromatic heterocycles. The SMILES string of the molecule is CCCC/C=C\C[C@H]1CCCC1/C=C/CCOc1cccc(C)c1. The van der Waals surface area contributed by atoms with Gasteiger partial charge in [-0.3, -0.25) is 0 Å². The van der Waals surface area contributed by atoms with Crippen molar-refractivity contribution in [3.8, 4) is 5.75 Å². The summed E-state index contributed by atoms with van der Waals surface area (Å²) in [7, 11) is 0. The van der Waals surface area contributed by atoms with E-state index in [-0.39, 0.29) is 0 Å². The lowest BCUT2D eigenvalue weighted by atomic mass is 9.92. The Bertz CT molecular complexity index is 515. The number of hydrogen-bond acceptors (Lipinski definition) is 1. The van der Waals surface area contributed by atoms with E-state index >= 15 is 0 Å². The number of allylic oxidation sites excluding steroid dienone is 3. The van der Waals surface area contributed by atoms with Crippen LogP contribution in [0.3, 0.4) is 0 Å². The molecule has 1 aliphatic carbocycles. The normalized spacial score (nSPS) is 21.1. The van der Waals surface area contributed by atoms with Crippen molar-refractivity contribution in [3.05, 3.63) is 54.1 Å².